The molecule has 0 saturated carbocycles. The van der Waals surface area contributed by atoms with Gasteiger partial charge in [0.15, 0.2) is 0 Å². The number of anilines is 1. The van der Waals surface area contributed by atoms with E-state index in [4.69, 9.17) is 16.3 Å². The number of methoxy groups -OCH3 is 1. The largest absolute Gasteiger partial charge is 0.481 e. The van der Waals surface area contributed by atoms with Gasteiger partial charge in [-0.25, -0.2) is 14.4 Å². The molecule has 0 unspecified atom stereocenters. The van der Waals surface area contributed by atoms with Crippen LogP contribution in [0.3, 0.4) is 0 Å². The first-order valence-corrected chi connectivity index (χ1v) is 5.60. The summed E-state index contributed by atoms with van der Waals surface area (Å²) >= 11 is 5.73. The van der Waals surface area contributed by atoms with Crippen LogP contribution in [0, 0.1) is 5.82 Å². The molecule has 1 N–H and O–H groups in total. The van der Waals surface area contributed by atoms with Crippen molar-refractivity contribution in [1.29, 1.82) is 0 Å². The van der Waals surface area contributed by atoms with E-state index in [2.05, 4.69) is 15.3 Å². The average Bonchev–Trinajstić information content (AvgIpc) is 2.42. The van der Waals surface area contributed by atoms with Crippen LogP contribution in [0.4, 0.5) is 10.1 Å². The van der Waals surface area contributed by atoms with Gasteiger partial charge in [0.25, 0.3) is 5.91 Å². The summed E-state index contributed by atoms with van der Waals surface area (Å²) in [6.45, 7) is 0. The van der Waals surface area contributed by atoms with Crippen molar-refractivity contribution in [2.24, 2.45) is 0 Å². The van der Waals surface area contributed by atoms with Gasteiger partial charge in [0.1, 0.15) is 11.0 Å². The zero-order valence-corrected chi connectivity index (χ0v) is 10.6. The third-order valence-corrected chi connectivity index (χ3v) is 2.55. The fourth-order valence-corrected chi connectivity index (χ4v) is 1.54. The molecule has 0 aromatic carbocycles. The minimum absolute atomic E-state index is 0.0440. The number of halogens is 2. The van der Waals surface area contributed by atoms with Gasteiger partial charge in [0.05, 0.1) is 30.8 Å². The minimum Gasteiger partial charge on any atom is -0.481 e. The quantitative estimate of drug-likeness (QED) is 0.878. The number of rotatable bonds is 3. The van der Waals surface area contributed by atoms with Crippen LogP contribution < -0.4 is 10.1 Å². The second-order valence-electron chi connectivity index (χ2n) is 3.54. The van der Waals surface area contributed by atoms with Gasteiger partial charge in [-0.05, 0) is 12.1 Å². The topological polar surface area (TPSA) is 64.1 Å². The fourth-order valence-electron chi connectivity index (χ4n) is 1.36. The number of amides is 1. The van der Waals surface area contributed by atoms with Crippen LogP contribution in [0.5, 0.6) is 5.88 Å². The smallest absolute Gasteiger partial charge is 0.258 e. The number of nitrogens with zero attached hydrogens (tertiary/aromatic N) is 2. The third-order valence-electron chi connectivity index (χ3n) is 2.25. The minimum atomic E-state index is -0.637. The van der Waals surface area contributed by atoms with Gasteiger partial charge >= 0.3 is 0 Å². The Balaban J connectivity index is 2.18. The zero-order valence-electron chi connectivity index (χ0n) is 9.85. The summed E-state index contributed by atoms with van der Waals surface area (Å²) in [6, 6.07) is 4.20. The molecule has 0 radical (unpaired) electrons. The molecule has 98 valence electrons. The van der Waals surface area contributed by atoms with Gasteiger partial charge in [-0.3, -0.25) is 4.79 Å². The van der Waals surface area contributed by atoms with Crippen LogP contribution in [0.25, 0.3) is 0 Å². The van der Waals surface area contributed by atoms with Crippen molar-refractivity contribution in [2.75, 3.05) is 12.4 Å². The Morgan fingerprint density at radius 2 is 2.16 bits per heavy atom. The van der Waals surface area contributed by atoms with Gasteiger partial charge in [-0.15, -0.1) is 0 Å². The van der Waals surface area contributed by atoms with Crippen LogP contribution in [-0.4, -0.2) is 23.0 Å². The number of pyridine rings is 2. The first-order chi connectivity index (χ1) is 9.10. The van der Waals surface area contributed by atoms with E-state index >= 15 is 0 Å². The van der Waals surface area contributed by atoms with E-state index in [0.717, 1.165) is 12.3 Å². The number of carbonyl (C=O) groups is 1. The van der Waals surface area contributed by atoms with Gasteiger partial charge in [0, 0.05) is 6.07 Å². The van der Waals surface area contributed by atoms with Crippen LogP contribution in [-0.2, 0) is 0 Å². The van der Waals surface area contributed by atoms with Crippen molar-refractivity contribution in [1.82, 2.24) is 9.97 Å². The lowest BCUT2D eigenvalue weighted by molar-refractivity contribution is 0.102. The van der Waals surface area contributed by atoms with Crippen molar-refractivity contribution in [2.45, 2.75) is 0 Å². The van der Waals surface area contributed by atoms with Gasteiger partial charge < -0.3 is 10.1 Å². The molecular formula is C12H9ClFN3O2. The highest BCUT2D eigenvalue weighted by atomic mass is 35.5. The molecule has 2 heterocycles. The van der Waals surface area contributed by atoms with Gasteiger partial charge in [0.2, 0.25) is 5.88 Å². The van der Waals surface area contributed by atoms with E-state index < -0.39 is 11.7 Å². The SMILES string of the molecule is COc1ccc(NC(=O)c2cc(F)cnc2Cl)cn1. The second kappa shape index (κ2) is 5.62. The maximum Gasteiger partial charge on any atom is 0.258 e. The van der Waals surface area contributed by atoms with Crippen molar-refractivity contribution in [3.63, 3.8) is 0 Å². The molecule has 0 spiro atoms. The van der Waals surface area contributed by atoms with Crippen LogP contribution >= 0.6 is 11.6 Å². The molecule has 0 bridgehead atoms. The summed E-state index contributed by atoms with van der Waals surface area (Å²) in [5.74, 6) is -0.783. The Bertz CT molecular complexity index is 604. The summed E-state index contributed by atoms with van der Waals surface area (Å²) in [5.41, 5.74) is 0.392. The maximum absolute atomic E-state index is 13.0. The first-order valence-electron chi connectivity index (χ1n) is 5.22. The molecule has 0 fully saturated rings. The molecule has 7 heteroatoms. The standard InChI is InChI=1S/C12H9ClFN3O2/c1-19-10-3-2-8(6-15-10)17-12(18)9-4-7(14)5-16-11(9)13/h2-6H,1H3,(H,17,18). The Kier molecular flexibility index (Phi) is 3.91. The van der Waals surface area contributed by atoms with E-state index in [1.165, 1.54) is 13.3 Å². The molecule has 0 aliphatic heterocycles. The lowest BCUT2D eigenvalue weighted by Crippen LogP contribution is -2.13. The normalized spacial score (nSPS) is 10.1. The molecule has 1 amide bonds. The molecule has 2 rings (SSSR count). The molecular weight excluding hydrogens is 273 g/mol. The Morgan fingerprint density at radius 3 is 2.79 bits per heavy atom. The van der Waals surface area contributed by atoms with Crippen LogP contribution in [0.2, 0.25) is 5.15 Å². The first kappa shape index (κ1) is 13.2. The molecule has 0 atom stereocenters. The lowest BCUT2D eigenvalue weighted by Gasteiger charge is -2.06. The van der Waals surface area contributed by atoms with E-state index in [0.29, 0.717) is 11.6 Å². The highest BCUT2D eigenvalue weighted by molar-refractivity contribution is 6.33. The predicted octanol–water partition coefficient (Wildman–Crippen LogP) is 2.53. The second-order valence-corrected chi connectivity index (χ2v) is 3.89. The van der Waals surface area contributed by atoms with Crippen LogP contribution in [0.1, 0.15) is 10.4 Å². The summed E-state index contributed by atoms with van der Waals surface area (Å²) in [5, 5.41) is 2.46. The molecule has 2 aromatic rings. The van der Waals surface area contributed by atoms with Crippen molar-refractivity contribution < 1.29 is 13.9 Å². The van der Waals surface area contributed by atoms with Crippen molar-refractivity contribution >= 4 is 23.2 Å². The van der Waals surface area contributed by atoms with Gasteiger partial charge in [-0.1, -0.05) is 11.6 Å². The number of hydrogen-bond acceptors (Lipinski definition) is 4. The molecule has 19 heavy (non-hydrogen) atoms. The lowest BCUT2D eigenvalue weighted by atomic mass is 10.2. The summed E-state index contributed by atoms with van der Waals surface area (Å²) in [4.78, 5) is 19.4. The summed E-state index contributed by atoms with van der Waals surface area (Å²) < 4.78 is 17.9. The van der Waals surface area contributed by atoms with Gasteiger partial charge in [-0.2, -0.15) is 0 Å². The molecule has 0 aliphatic carbocycles. The van der Waals surface area contributed by atoms with E-state index in [1.54, 1.807) is 12.1 Å². The third kappa shape index (κ3) is 3.17. The molecule has 2 aromatic heterocycles. The molecule has 5 nitrogen and oxygen atoms in total. The van der Waals surface area contributed by atoms with E-state index in [-0.39, 0.29) is 10.7 Å². The monoisotopic (exact) mass is 281 g/mol. The number of carbonyl (C=O) groups excluding carboxylic acids is 1. The summed E-state index contributed by atoms with van der Waals surface area (Å²) in [6.07, 6.45) is 2.35. The Labute approximate surface area is 113 Å². The number of ether oxygens (including phenoxy) is 1. The average molecular weight is 282 g/mol. The van der Waals surface area contributed by atoms with Crippen LogP contribution in [0.15, 0.2) is 30.6 Å². The zero-order chi connectivity index (χ0) is 13.8. The highest BCUT2D eigenvalue weighted by Gasteiger charge is 2.13. The Morgan fingerprint density at radius 1 is 1.37 bits per heavy atom. The number of nitrogens with one attached hydrogen (secondary N) is 1. The molecule has 0 aliphatic rings. The number of aromatic nitrogens is 2. The highest BCUT2D eigenvalue weighted by Crippen LogP contribution is 2.17. The van der Waals surface area contributed by atoms with E-state index in [9.17, 15) is 9.18 Å². The van der Waals surface area contributed by atoms with Crippen molar-refractivity contribution in [3.05, 3.63) is 47.1 Å². The number of hydrogen-bond donors (Lipinski definition) is 1. The maximum atomic E-state index is 13.0. The summed E-state index contributed by atoms with van der Waals surface area (Å²) in [7, 11) is 1.48. The Hall–Kier alpha value is -2.21. The predicted molar refractivity (Wildman–Crippen MR) is 67.9 cm³/mol. The molecule has 0 saturated heterocycles. The fraction of sp³-hybridized carbons (Fsp3) is 0.0833. The van der Waals surface area contributed by atoms with E-state index in [1.807, 2.05) is 0 Å². The van der Waals surface area contributed by atoms with Crippen molar-refractivity contribution in [3.8, 4) is 5.88 Å².